The Balaban J connectivity index is 1.97. The summed E-state index contributed by atoms with van der Waals surface area (Å²) in [6.07, 6.45) is 0. The highest BCUT2D eigenvalue weighted by molar-refractivity contribution is 5.96. The highest BCUT2D eigenvalue weighted by Crippen LogP contribution is 2.35. The molecular weight excluding hydrogens is 392 g/mol. The number of anilines is 1. The Hall–Kier alpha value is -3.50. The van der Waals surface area contributed by atoms with Crippen molar-refractivity contribution in [3.8, 4) is 23.1 Å². The van der Waals surface area contributed by atoms with Gasteiger partial charge in [0.15, 0.2) is 0 Å². The monoisotopic (exact) mass is 420 g/mol. The van der Waals surface area contributed by atoms with Gasteiger partial charge in [0, 0.05) is 36.8 Å². The SMILES string of the molecule is CCn1c(-c2ccc(NC(=O)NC(C)C)cc2)c(C#N)c2ccc(OCCOC)cc21. The van der Waals surface area contributed by atoms with Crippen molar-refractivity contribution >= 4 is 22.6 Å². The van der Waals surface area contributed by atoms with Crippen LogP contribution in [0, 0.1) is 11.3 Å². The van der Waals surface area contributed by atoms with Crippen LogP contribution in [0.15, 0.2) is 42.5 Å². The summed E-state index contributed by atoms with van der Waals surface area (Å²) in [5.74, 6) is 0.739. The van der Waals surface area contributed by atoms with Crippen LogP contribution in [0.3, 0.4) is 0 Å². The first-order valence-corrected chi connectivity index (χ1v) is 10.3. The average molecular weight is 421 g/mol. The minimum Gasteiger partial charge on any atom is -0.491 e. The number of methoxy groups -OCH3 is 1. The maximum Gasteiger partial charge on any atom is 0.319 e. The van der Waals surface area contributed by atoms with Crippen molar-refractivity contribution in [3.05, 3.63) is 48.0 Å². The molecule has 0 aliphatic carbocycles. The van der Waals surface area contributed by atoms with Gasteiger partial charge in [0.1, 0.15) is 18.4 Å². The number of benzene rings is 2. The molecule has 0 aliphatic rings. The molecule has 0 radical (unpaired) electrons. The normalized spacial score (nSPS) is 10.8. The molecule has 1 aromatic heterocycles. The molecule has 0 saturated heterocycles. The molecule has 0 atom stereocenters. The van der Waals surface area contributed by atoms with Crippen molar-refractivity contribution in [1.29, 1.82) is 5.26 Å². The van der Waals surface area contributed by atoms with Crippen molar-refractivity contribution in [2.24, 2.45) is 0 Å². The van der Waals surface area contributed by atoms with Crippen molar-refractivity contribution < 1.29 is 14.3 Å². The quantitative estimate of drug-likeness (QED) is 0.515. The first kappa shape index (κ1) is 22.2. The molecule has 0 aliphatic heterocycles. The largest absolute Gasteiger partial charge is 0.491 e. The van der Waals surface area contributed by atoms with E-state index in [1.165, 1.54) is 0 Å². The summed E-state index contributed by atoms with van der Waals surface area (Å²) in [5.41, 5.74) is 4.02. The van der Waals surface area contributed by atoms with E-state index in [1.54, 1.807) is 7.11 Å². The standard InChI is InChI=1S/C24H28N4O3/c1-5-28-22-14-19(31-13-12-30-4)10-11-20(22)21(15-25)23(28)17-6-8-18(9-7-17)27-24(29)26-16(2)3/h6-11,14,16H,5,12-13H2,1-4H3,(H2,26,27,29). The number of ether oxygens (including phenoxy) is 2. The van der Waals surface area contributed by atoms with E-state index in [0.29, 0.717) is 31.0 Å². The number of fused-ring (bicyclic) bond motifs is 1. The minimum absolute atomic E-state index is 0.0566. The van der Waals surface area contributed by atoms with E-state index in [0.717, 1.165) is 27.9 Å². The Morgan fingerprint density at radius 2 is 1.90 bits per heavy atom. The molecule has 3 aromatic rings. The fraction of sp³-hybridized carbons (Fsp3) is 0.333. The number of amides is 2. The summed E-state index contributed by atoms with van der Waals surface area (Å²) in [7, 11) is 1.64. The molecule has 0 unspecified atom stereocenters. The van der Waals surface area contributed by atoms with Gasteiger partial charge in [-0.2, -0.15) is 5.26 Å². The van der Waals surface area contributed by atoms with E-state index >= 15 is 0 Å². The maximum atomic E-state index is 11.9. The molecule has 2 aromatic carbocycles. The maximum absolute atomic E-state index is 11.9. The van der Waals surface area contributed by atoms with Crippen LogP contribution in [0.5, 0.6) is 5.75 Å². The molecule has 1 heterocycles. The first-order chi connectivity index (χ1) is 15.0. The lowest BCUT2D eigenvalue weighted by molar-refractivity contribution is 0.146. The Bertz CT molecular complexity index is 1090. The summed E-state index contributed by atoms with van der Waals surface area (Å²) in [6.45, 7) is 7.54. The molecular formula is C24H28N4O3. The molecule has 0 fully saturated rings. The lowest BCUT2D eigenvalue weighted by atomic mass is 10.1. The second-order valence-electron chi connectivity index (χ2n) is 7.43. The van der Waals surface area contributed by atoms with Gasteiger partial charge in [-0.15, -0.1) is 0 Å². The van der Waals surface area contributed by atoms with Crippen LogP contribution in [-0.4, -0.2) is 37.0 Å². The average Bonchev–Trinajstić information content (AvgIpc) is 3.06. The number of carbonyl (C=O) groups is 1. The van der Waals surface area contributed by atoms with Gasteiger partial charge < -0.3 is 24.7 Å². The smallest absolute Gasteiger partial charge is 0.319 e. The number of hydrogen-bond donors (Lipinski definition) is 2. The Morgan fingerprint density at radius 1 is 1.16 bits per heavy atom. The van der Waals surface area contributed by atoms with E-state index in [4.69, 9.17) is 9.47 Å². The summed E-state index contributed by atoms with van der Waals surface area (Å²) >= 11 is 0. The molecule has 0 saturated carbocycles. The number of nitriles is 1. The highest BCUT2D eigenvalue weighted by atomic mass is 16.5. The summed E-state index contributed by atoms with van der Waals surface area (Å²) in [5, 5.41) is 16.4. The van der Waals surface area contributed by atoms with E-state index < -0.39 is 0 Å². The molecule has 7 heteroatoms. The first-order valence-electron chi connectivity index (χ1n) is 10.3. The summed E-state index contributed by atoms with van der Waals surface area (Å²) < 4.78 is 12.9. The Kier molecular flexibility index (Phi) is 7.16. The molecule has 2 amide bonds. The number of hydrogen-bond acceptors (Lipinski definition) is 4. The van der Waals surface area contributed by atoms with Crippen LogP contribution in [0.4, 0.5) is 10.5 Å². The topological polar surface area (TPSA) is 88.3 Å². The minimum atomic E-state index is -0.246. The van der Waals surface area contributed by atoms with Crippen molar-refractivity contribution in [2.45, 2.75) is 33.4 Å². The molecule has 0 spiro atoms. The van der Waals surface area contributed by atoms with Gasteiger partial charge in [-0.3, -0.25) is 0 Å². The predicted molar refractivity (Wildman–Crippen MR) is 122 cm³/mol. The van der Waals surface area contributed by atoms with Gasteiger partial charge in [-0.05, 0) is 50.6 Å². The van der Waals surface area contributed by atoms with Crippen LogP contribution in [0.2, 0.25) is 0 Å². The Labute approximate surface area is 182 Å². The van der Waals surface area contributed by atoms with Gasteiger partial charge in [0.25, 0.3) is 0 Å². The lowest BCUT2D eigenvalue weighted by Crippen LogP contribution is -2.34. The second-order valence-corrected chi connectivity index (χ2v) is 7.43. The molecule has 2 N–H and O–H groups in total. The fourth-order valence-corrected chi connectivity index (χ4v) is 3.54. The third-order valence-corrected chi connectivity index (χ3v) is 4.86. The van der Waals surface area contributed by atoms with Crippen LogP contribution in [-0.2, 0) is 11.3 Å². The zero-order valence-electron chi connectivity index (χ0n) is 18.4. The zero-order chi connectivity index (χ0) is 22.4. The molecule has 3 rings (SSSR count). The van der Waals surface area contributed by atoms with E-state index in [1.807, 2.05) is 56.3 Å². The number of rotatable bonds is 8. The zero-order valence-corrected chi connectivity index (χ0v) is 18.4. The molecule has 7 nitrogen and oxygen atoms in total. The van der Waals surface area contributed by atoms with Gasteiger partial charge >= 0.3 is 6.03 Å². The van der Waals surface area contributed by atoms with E-state index in [2.05, 4.69) is 28.2 Å². The second kappa shape index (κ2) is 10.0. The number of aromatic nitrogens is 1. The van der Waals surface area contributed by atoms with Crippen LogP contribution < -0.4 is 15.4 Å². The summed E-state index contributed by atoms with van der Waals surface area (Å²) in [4.78, 5) is 11.9. The fourth-order valence-electron chi connectivity index (χ4n) is 3.54. The molecule has 162 valence electrons. The number of aryl methyl sites for hydroxylation is 1. The number of nitrogens with one attached hydrogen (secondary N) is 2. The van der Waals surface area contributed by atoms with Gasteiger partial charge in [0.2, 0.25) is 0 Å². The summed E-state index contributed by atoms with van der Waals surface area (Å²) in [6, 6.07) is 15.5. The van der Waals surface area contributed by atoms with Crippen LogP contribution in [0.1, 0.15) is 26.3 Å². The van der Waals surface area contributed by atoms with Crippen molar-refractivity contribution in [3.63, 3.8) is 0 Å². The van der Waals surface area contributed by atoms with Gasteiger partial charge in [-0.1, -0.05) is 12.1 Å². The number of nitrogens with zero attached hydrogens (tertiary/aromatic N) is 2. The Morgan fingerprint density at radius 3 is 2.52 bits per heavy atom. The molecule has 31 heavy (non-hydrogen) atoms. The molecule has 0 bridgehead atoms. The van der Waals surface area contributed by atoms with E-state index in [-0.39, 0.29) is 12.1 Å². The number of urea groups is 1. The highest BCUT2D eigenvalue weighted by Gasteiger charge is 2.18. The van der Waals surface area contributed by atoms with Crippen molar-refractivity contribution in [1.82, 2.24) is 9.88 Å². The van der Waals surface area contributed by atoms with Crippen LogP contribution in [0.25, 0.3) is 22.2 Å². The van der Waals surface area contributed by atoms with Gasteiger partial charge in [-0.25, -0.2) is 4.79 Å². The van der Waals surface area contributed by atoms with Gasteiger partial charge in [0.05, 0.1) is 23.4 Å². The third kappa shape index (κ3) is 4.98. The third-order valence-electron chi connectivity index (χ3n) is 4.86. The predicted octanol–water partition coefficient (Wildman–Crippen LogP) is 4.75. The number of carbonyl (C=O) groups excluding carboxylic acids is 1. The lowest BCUT2D eigenvalue weighted by Gasteiger charge is -2.12. The van der Waals surface area contributed by atoms with Crippen LogP contribution >= 0.6 is 0 Å². The van der Waals surface area contributed by atoms with Crippen molar-refractivity contribution in [2.75, 3.05) is 25.6 Å². The van der Waals surface area contributed by atoms with E-state index in [9.17, 15) is 10.1 Å².